The van der Waals surface area contributed by atoms with E-state index in [1.54, 1.807) is 6.20 Å². The molecule has 0 spiro atoms. The maximum Gasteiger partial charge on any atom is 0.251 e. The Bertz CT molecular complexity index is 729. The maximum absolute atomic E-state index is 12.3. The van der Waals surface area contributed by atoms with Gasteiger partial charge in [-0.15, -0.1) is 0 Å². The lowest BCUT2D eigenvalue weighted by molar-refractivity contribution is 0.0954. The predicted octanol–water partition coefficient (Wildman–Crippen LogP) is 2.86. The smallest absolute Gasteiger partial charge is 0.251 e. The van der Waals surface area contributed by atoms with Gasteiger partial charge >= 0.3 is 0 Å². The Morgan fingerprint density at radius 3 is 2.81 bits per heavy atom. The quantitative estimate of drug-likeness (QED) is 0.730. The Morgan fingerprint density at radius 1 is 1.10 bits per heavy atom. The van der Waals surface area contributed by atoms with E-state index >= 15 is 0 Å². The van der Waals surface area contributed by atoms with Crippen molar-refractivity contribution < 1.29 is 4.79 Å². The average Bonchev–Trinajstić information content (AvgIpc) is 3.04. The van der Waals surface area contributed by atoms with Crippen molar-refractivity contribution in [1.29, 1.82) is 0 Å². The van der Waals surface area contributed by atoms with Gasteiger partial charge in [0.25, 0.3) is 5.91 Å². The Kier molecular flexibility index (Phi) is 3.96. The van der Waals surface area contributed by atoms with Crippen LogP contribution in [-0.2, 0) is 6.54 Å². The molecule has 4 heteroatoms. The number of aryl methyl sites for hydroxylation is 1. The molecule has 0 aliphatic rings. The molecular weight excluding hydrogens is 262 g/mol. The third kappa shape index (κ3) is 3.11. The molecule has 106 valence electrons. The first-order valence-corrected chi connectivity index (χ1v) is 7.08. The molecule has 3 rings (SSSR count). The zero-order valence-electron chi connectivity index (χ0n) is 11.7. The van der Waals surface area contributed by atoms with Gasteiger partial charge in [-0.3, -0.25) is 9.48 Å². The number of rotatable bonds is 5. The van der Waals surface area contributed by atoms with Crippen LogP contribution >= 0.6 is 0 Å². The molecule has 4 nitrogen and oxygen atoms in total. The minimum atomic E-state index is -0.0211. The number of carbonyl (C=O) groups excluding carboxylic acids is 1. The van der Waals surface area contributed by atoms with E-state index in [0.717, 1.165) is 29.3 Å². The Hall–Kier alpha value is -2.62. The number of benzene rings is 2. The average molecular weight is 279 g/mol. The van der Waals surface area contributed by atoms with Crippen LogP contribution in [0.4, 0.5) is 0 Å². The molecule has 3 aromatic rings. The van der Waals surface area contributed by atoms with E-state index in [2.05, 4.69) is 10.4 Å². The normalized spacial score (nSPS) is 10.7. The maximum atomic E-state index is 12.3. The van der Waals surface area contributed by atoms with E-state index in [-0.39, 0.29) is 5.91 Å². The first-order chi connectivity index (χ1) is 10.3. The van der Waals surface area contributed by atoms with Gasteiger partial charge in [-0.2, -0.15) is 5.10 Å². The van der Waals surface area contributed by atoms with Crippen molar-refractivity contribution in [1.82, 2.24) is 15.1 Å². The summed E-state index contributed by atoms with van der Waals surface area (Å²) in [4.78, 5) is 12.3. The number of hydrogen-bond acceptors (Lipinski definition) is 2. The monoisotopic (exact) mass is 279 g/mol. The molecule has 0 aliphatic heterocycles. The van der Waals surface area contributed by atoms with Gasteiger partial charge in [-0.05, 0) is 29.3 Å². The summed E-state index contributed by atoms with van der Waals surface area (Å²) in [6, 6.07) is 15.6. The summed E-state index contributed by atoms with van der Waals surface area (Å²) >= 11 is 0. The highest BCUT2D eigenvalue weighted by molar-refractivity contribution is 6.06. The number of nitrogens with zero attached hydrogens (tertiary/aromatic N) is 2. The molecule has 1 amide bonds. The number of amides is 1. The molecule has 0 aliphatic carbocycles. The van der Waals surface area contributed by atoms with Crippen LogP contribution < -0.4 is 5.32 Å². The highest BCUT2D eigenvalue weighted by atomic mass is 16.1. The van der Waals surface area contributed by atoms with E-state index in [4.69, 9.17) is 0 Å². The molecule has 1 N–H and O–H groups in total. The van der Waals surface area contributed by atoms with Gasteiger partial charge < -0.3 is 5.32 Å². The molecule has 2 aromatic carbocycles. The Morgan fingerprint density at radius 2 is 1.95 bits per heavy atom. The van der Waals surface area contributed by atoms with Crippen LogP contribution in [0.2, 0.25) is 0 Å². The van der Waals surface area contributed by atoms with Gasteiger partial charge in [0.15, 0.2) is 0 Å². The van der Waals surface area contributed by atoms with Crippen LogP contribution in [0, 0.1) is 0 Å². The number of hydrogen-bond donors (Lipinski definition) is 1. The van der Waals surface area contributed by atoms with Crippen molar-refractivity contribution in [2.24, 2.45) is 0 Å². The van der Waals surface area contributed by atoms with E-state index < -0.39 is 0 Å². The molecule has 0 unspecified atom stereocenters. The Labute approximate surface area is 123 Å². The molecule has 21 heavy (non-hydrogen) atoms. The van der Waals surface area contributed by atoms with E-state index in [1.165, 1.54) is 0 Å². The van der Waals surface area contributed by atoms with Crippen molar-refractivity contribution in [3.8, 4) is 0 Å². The number of fused-ring (bicyclic) bond motifs is 1. The van der Waals surface area contributed by atoms with Crippen LogP contribution in [-0.4, -0.2) is 22.2 Å². The van der Waals surface area contributed by atoms with Crippen LogP contribution in [0.15, 0.2) is 60.9 Å². The topological polar surface area (TPSA) is 46.9 Å². The molecule has 0 fully saturated rings. The molecule has 0 bridgehead atoms. The lowest BCUT2D eigenvalue weighted by Gasteiger charge is -2.08. The second kappa shape index (κ2) is 6.22. The second-order valence-corrected chi connectivity index (χ2v) is 4.91. The number of nitrogens with one attached hydrogen (secondary N) is 1. The standard InChI is InChI=1S/C17H17N3O/c21-17(18-10-4-12-20-13-5-11-19-20)16-9-3-7-14-6-1-2-8-15(14)16/h1-3,5-9,11,13H,4,10,12H2,(H,18,21). The van der Waals surface area contributed by atoms with Gasteiger partial charge in [-0.25, -0.2) is 0 Å². The summed E-state index contributed by atoms with van der Waals surface area (Å²) in [5.74, 6) is -0.0211. The SMILES string of the molecule is O=C(NCCCn1cccn1)c1cccc2ccccc12. The zero-order chi connectivity index (χ0) is 14.5. The van der Waals surface area contributed by atoms with E-state index in [1.807, 2.05) is 59.4 Å². The first kappa shape index (κ1) is 13.4. The summed E-state index contributed by atoms with van der Waals surface area (Å²) < 4.78 is 1.87. The van der Waals surface area contributed by atoms with Crippen LogP contribution in [0.1, 0.15) is 16.8 Å². The van der Waals surface area contributed by atoms with Gasteiger partial charge in [-0.1, -0.05) is 36.4 Å². The second-order valence-electron chi connectivity index (χ2n) is 4.91. The molecule has 1 heterocycles. The number of carbonyl (C=O) groups is 1. The lowest BCUT2D eigenvalue weighted by atomic mass is 10.0. The minimum Gasteiger partial charge on any atom is -0.352 e. The fourth-order valence-electron chi connectivity index (χ4n) is 2.39. The van der Waals surface area contributed by atoms with Gasteiger partial charge in [0, 0.05) is 31.0 Å². The molecule has 0 saturated heterocycles. The van der Waals surface area contributed by atoms with Crippen LogP contribution in [0.25, 0.3) is 10.8 Å². The minimum absolute atomic E-state index is 0.0211. The number of aromatic nitrogens is 2. The third-order valence-electron chi connectivity index (χ3n) is 3.44. The summed E-state index contributed by atoms with van der Waals surface area (Å²) in [6.07, 6.45) is 4.54. The van der Waals surface area contributed by atoms with Crippen LogP contribution in [0.5, 0.6) is 0 Å². The fourth-order valence-corrected chi connectivity index (χ4v) is 2.39. The van der Waals surface area contributed by atoms with Crippen molar-refractivity contribution in [3.05, 3.63) is 66.5 Å². The van der Waals surface area contributed by atoms with Gasteiger partial charge in [0.2, 0.25) is 0 Å². The molecule has 1 aromatic heterocycles. The highest BCUT2D eigenvalue weighted by Gasteiger charge is 2.08. The third-order valence-corrected chi connectivity index (χ3v) is 3.44. The lowest BCUT2D eigenvalue weighted by Crippen LogP contribution is -2.25. The summed E-state index contributed by atoms with van der Waals surface area (Å²) in [5, 5.41) is 9.18. The Balaban J connectivity index is 1.62. The van der Waals surface area contributed by atoms with Crippen LogP contribution in [0.3, 0.4) is 0 Å². The summed E-state index contributed by atoms with van der Waals surface area (Å²) in [7, 11) is 0. The summed E-state index contributed by atoms with van der Waals surface area (Å²) in [5.41, 5.74) is 0.729. The zero-order valence-corrected chi connectivity index (χ0v) is 11.7. The first-order valence-electron chi connectivity index (χ1n) is 7.08. The highest BCUT2D eigenvalue weighted by Crippen LogP contribution is 2.18. The molecule has 0 radical (unpaired) electrons. The molecule has 0 atom stereocenters. The van der Waals surface area contributed by atoms with Crippen molar-refractivity contribution >= 4 is 16.7 Å². The van der Waals surface area contributed by atoms with E-state index in [9.17, 15) is 4.79 Å². The largest absolute Gasteiger partial charge is 0.352 e. The van der Waals surface area contributed by atoms with Crippen molar-refractivity contribution in [2.45, 2.75) is 13.0 Å². The molecule has 0 saturated carbocycles. The van der Waals surface area contributed by atoms with E-state index in [0.29, 0.717) is 6.54 Å². The summed E-state index contributed by atoms with van der Waals surface area (Å²) in [6.45, 7) is 1.45. The van der Waals surface area contributed by atoms with Crippen molar-refractivity contribution in [3.63, 3.8) is 0 Å². The van der Waals surface area contributed by atoms with Crippen molar-refractivity contribution in [2.75, 3.05) is 6.54 Å². The van der Waals surface area contributed by atoms with Gasteiger partial charge in [0.1, 0.15) is 0 Å². The predicted molar refractivity (Wildman–Crippen MR) is 83.1 cm³/mol. The fraction of sp³-hybridized carbons (Fsp3) is 0.176. The van der Waals surface area contributed by atoms with Gasteiger partial charge in [0.05, 0.1) is 0 Å². The molecular formula is C17H17N3O.